The molecular weight excluding hydrogens is 274 g/mol. The number of aliphatic hydroxyl groups is 1. The van der Waals surface area contributed by atoms with Crippen LogP contribution in [-0.4, -0.2) is 67.3 Å². The first kappa shape index (κ1) is 17.4. The van der Waals surface area contributed by atoms with E-state index in [1.165, 1.54) is 16.7 Å². The van der Waals surface area contributed by atoms with E-state index in [-0.39, 0.29) is 6.61 Å². The number of rotatable bonds is 7. The summed E-state index contributed by atoms with van der Waals surface area (Å²) in [5.74, 6) is 0. The number of nitrogens with one attached hydrogen (secondary N) is 1. The van der Waals surface area contributed by atoms with Crippen molar-refractivity contribution in [2.45, 2.75) is 26.8 Å². The zero-order valence-electron chi connectivity index (χ0n) is 14.3. The fraction of sp³-hybridized carbons (Fsp3) is 0.667. The Hall–Kier alpha value is -0.940. The molecule has 1 heterocycles. The number of piperazine rings is 1. The van der Waals surface area contributed by atoms with E-state index in [0.717, 1.165) is 45.8 Å². The second kappa shape index (κ2) is 8.63. The van der Waals surface area contributed by atoms with Gasteiger partial charge in [0.15, 0.2) is 0 Å². The highest BCUT2D eigenvalue weighted by atomic mass is 16.3. The number of benzene rings is 1. The summed E-state index contributed by atoms with van der Waals surface area (Å²) in [7, 11) is 0. The lowest BCUT2D eigenvalue weighted by atomic mass is 9.97. The Morgan fingerprint density at radius 3 is 2.59 bits per heavy atom. The van der Waals surface area contributed by atoms with Crippen LogP contribution in [0.5, 0.6) is 0 Å². The molecule has 1 fully saturated rings. The topological polar surface area (TPSA) is 38.7 Å². The van der Waals surface area contributed by atoms with E-state index in [9.17, 15) is 5.11 Å². The van der Waals surface area contributed by atoms with Gasteiger partial charge in [0.25, 0.3) is 0 Å². The standard InChI is InChI=1S/C18H31N3O/c1-4-21(11-12-22)18(14-20-9-7-19-8-10-20)17-6-5-15(2)13-16(17)3/h5-6,13,18-19,22H,4,7-12,14H2,1-3H3. The quantitative estimate of drug-likeness (QED) is 0.802. The van der Waals surface area contributed by atoms with Crippen molar-refractivity contribution >= 4 is 0 Å². The van der Waals surface area contributed by atoms with Crippen LogP contribution >= 0.6 is 0 Å². The third kappa shape index (κ3) is 4.53. The molecule has 0 aliphatic carbocycles. The second-order valence-electron chi connectivity index (χ2n) is 6.28. The summed E-state index contributed by atoms with van der Waals surface area (Å²) in [6.45, 7) is 13.9. The molecule has 0 bridgehead atoms. The van der Waals surface area contributed by atoms with Crippen molar-refractivity contribution in [3.05, 3.63) is 34.9 Å². The van der Waals surface area contributed by atoms with Gasteiger partial charge in [0.2, 0.25) is 0 Å². The molecule has 4 heteroatoms. The van der Waals surface area contributed by atoms with E-state index in [0.29, 0.717) is 6.04 Å². The van der Waals surface area contributed by atoms with Gasteiger partial charge in [0.05, 0.1) is 6.61 Å². The molecule has 4 nitrogen and oxygen atoms in total. The van der Waals surface area contributed by atoms with Crippen molar-refractivity contribution in [1.29, 1.82) is 0 Å². The molecule has 1 aromatic carbocycles. The molecular formula is C18H31N3O. The highest BCUT2D eigenvalue weighted by Crippen LogP contribution is 2.26. The highest BCUT2D eigenvalue weighted by Gasteiger charge is 2.24. The van der Waals surface area contributed by atoms with Crippen LogP contribution in [0.25, 0.3) is 0 Å². The molecule has 2 N–H and O–H groups in total. The zero-order chi connectivity index (χ0) is 15.9. The lowest BCUT2D eigenvalue weighted by Crippen LogP contribution is -2.47. The van der Waals surface area contributed by atoms with E-state index in [2.05, 4.69) is 54.1 Å². The van der Waals surface area contributed by atoms with Crippen molar-refractivity contribution in [2.75, 3.05) is 52.4 Å². The van der Waals surface area contributed by atoms with E-state index in [1.54, 1.807) is 0 Å². The maximum atomic E-state index is 9.42. The Balaban J connectivity index is 2.22. The number of aliphatic hydroxyl groups excluding tert-OH is 1. The Labute approximate surface area is 135 Å². The minimum absolute atomic E-state index is 0.219. The first-order valence-electron chi connectivity index (χ1n) is 8.50. The number of nitrogens with zero attached hydrogens (tertiary/aromatic N) is 2. The van der Waals surface area contributed by atoms with Gasteiger partial charge in [-0.15, -0.1) is 0 Å². The summed E-state index contributed by atoms with van der Waals surface area (Å²) >= 11 is 0. The lowest BCUT2D eigenvalue weighted by Gasteiger charge is -2.37. The van der Waals surface area contributed by atoms with Crippen molar-refractivity contribution in [2.24, 2.45) is 0 Å². The predicted molar refractivity (Wildman–Crippen MR) is 92.3 cm³/mol. The van der Waals surface area contributed by atoms with Crippen LogP contribution < -0.4 is 5.32 Å². The highest BCUT2D eigenvalue weighted by molar-refractivity contribution is 5.33. The predicted octanol–water partition coefficient (Wildman–Crippen LogP) is 1.56. The minimum atomic E-state index is 0.219. The van der Waals surface area contributed by atoms with Gasteiger partial charge in [0, 0.05) is 45.3 Å². The largest absolute Gasteiger partial charge is 0.395 e. The molecule has 0 spiro atoms. The Morgan fingerprint density at radius 2 is 2.00 bits per heavy atom. The van der Waals surface area contributed by atoms with Gasteiger partial charge >= 0.3 is 0 Å². The number of likely N-dealkylation sites (N-methyl/N-ethyl adjacent to an activating group) is 1. The molecule has 22 heavy (non-hydrogen) atoms. The van der Waals surface area contributed by atoms with Gasteiger partial charge in [0.1, 0.15) is 0 Å². The molecule has 2 rings (SSSR count). The van der Waals surface area contributed by atoms with E-state index < -0.39 is 0 Å². The first-order chi connectivity index (χ1) is 10.7. The molecule has 1 unspecified atom stereocenters. The van der Waals surface area contributed by atoms with Crippen molar-refractivity contribution in [1.82, 2.24) is 15.1 Å². The third-order valence-electron chi connectivity index (χ3n) is 4.66. The van der Waals surface area contributed by atoms with Crippen molar-refractivity contribution in [3.8, 4) is 0 Å². The summed E-state index contributed by atoms with van der Waals surface area (Å²) in [6.07, 6.45) is 0. The Bertz CT molecular complexity index is 458. The number of hydrogen-bond acceptors (Lipinski definition) is 4. The summed E-state index contributed by atoms with van der Waals surface area (Å²) < 4.78 is 0. The molecule has 0 saturated carbocycles. The molecule has 1 saturated heterocycles. The van der Waals surface area contributed by atoms with Gasteiger partial charge in [-0.2, -0.15) is 0 Å². The van der Waals surface area contributed by atoms with Crippen LogP contribution in [0.1, 0.15) is 29.7 Å². The van der Waals surface area contributed by atoms with Crippen LogP contribution in [0.4, 0.5) is 0 Å². The van der Waals surface area contributed by atoms with Gasteiger partial charge in [-0.25, -0.2) is 0 Å². The smallest absolute Gasteiger partial charge is 0.0558 e. The fourth-order valence-corrected chi connectivity index (χ4v) is 3.41. The first-order valence-corrected chi connectivity index (χ1v) is 8.50. The van der Waals surface area contributed by atoms with E-state index in [1.807, 2.05) is 0 Å². The molecule has 1 atom stereocenters. The summed E-state index contributed by atoms with van der Waals surface area (Å²) in [5, 5.41) is 12.8. The summed E-state index contributed by atoms with van der Waals surface area (Å²) in [6, 6.07) is 7.11. The Morgan fingerprint density at radius 1 is 1.27 bits per heavy atom. The SMILES string of the molecule is CCN(CCO)C(CN1CCNCC1)c1ccc(C)cc1C. The monoisotopic (exact) mass is 305 g/mol. The van der Waals surface area contributed by atoms with Crippen LogP contribution in [0.3, 0.4) is 0 Å². The molecule has 0 amide bonds. The van der Waals surface area contributed by atoms with E-state index >= 15 is 0 Å². The molecule has 1 aliphatic rings. The molecule has 0 aromatic heterocycles. The Kier molecular flexibility index (Phi) is 6.83. The zero-order valence-corrected chi connectivity index (χ0v) is 14.3. The van der Waals surface area contributed by atoms with Gasteiger partial charge in [-0.1, -0.05) is 30.7 Å². The average Bonchev–Trinajstić information content (AvgIpc) is 2.52. The summed E-state index contributed by atoms with van der Waals surface area (Å²) in [5.41, 5.74) is 4.07. The van der Waals surface area contributed by atoms with Crippen LogP contribution in [0.15, 0.2) is 18.2 Å². The van der Waals surface area contributed by atoms with E-state index in [4.69, 9.17) is 0 Å². The van der Waals surface area contributed by atoms with Gasteiger partial charge in [-0.3, -0.25) is 9.80 Å². The number of hydrogen-bond donors (Lipinski definition) is 2. The normalized spacial score (nSPS) is 17.9. The lowest BCUT2D eigenvalue weighted by molar-refractivity contribution is 0.112. The minimum Gasteiger partial charge on any atom is -0.395 e. The maximum Gasteiger partial charge on any atom is 0.0558 e. The van der Waals surface area contributed by atoms with Crippen LogP contribution in [0.2, 0.25) is 0 Å². The van der Waals surface area contributed by atoms with Gasteiger partial charge < -0.3 is 10.4 Å². The van der Waals surface area contributed by atoms with Crippen molar-refractivity contribution < 1.29 is 5.11 Å². The number of aryl methyl sites for hydroxylation is 2. The molecule has 1 aliphatic heterocycles. The molecule has 1 aromatic rings. The van der Waals surface area contributed by atoms with Crippen LogP contribution in [-0.2, 0) is 0 Å². The maximum absolute atomic E-state index is 9.42. The summed E-state index contributed by atoms with van der Waals surface area (Å²) in [4.78, 5) is 4.94. The second-order valence-corrected chi connectivity index (χ2v) is 6.28. The fourth-order valence-electron chi connectivity index (χ4n) is 3.41. The van der Waals surface area contributed by atoms with Gasteiger partial charge in [-0.05, 0) is 31.5 Å². The van der Waals surface area contributed by atoms with Crippen molar-refractivity contribution in [3.63, 3.8) is 0 Å². The molecule has 0 radical (unpaired) electrons. The molecule has 124 valence electrons. The third-order valence-corrected chi connectivity index (χ3v) is 4.66. The average molecular weight is 305 g/mol. The van der Waals surface area contributed by atoms with Crippen LogP contribution in [0, 0.1) is 13.8 Å².